The van der Waals surface area contributed by atoms with Crippen molar-refractivity contribution in [3.8, 4) is 0 Å². The monoisotopic (exact) mass is 627 g/mol. The third-order valence-corrected chi connectivity index (χ3v) is 7.30. The van der Waals surface area contributed by atoms with Crippen molar-refractivity contribution in [1.29, 1.82) is 0 Å². The topological polar surface area (TPSA) is 295 Å². The van der Waals surface area contributed by atoms with Crippen molar-refractivity contribution >= 4 is 17.7 Å². The number of ether oxygens (including phenoxy) is 5. The Morgan fingerprint density at radius 3 is 1.40 bits per heavy atom. The lowest BCUT2D eigenvalue weighted by Gasteiger charge is -2.50. The summed E-state index contributed by atoms with van der Waals surface area (Å²) in [5.41, 5.74) is 0. The van der Waals surface area contributed by atoms with E-state index in [2.05, 4.69) is 16.0 Å². The second-order valence-corrected chi connectivity index (χ2v) is 10.5. The number of hydrogen-bond donors (Lipinski definition) is 11. The summed E-state index contributed by atoms with van der Waals surface area (Å²) in [5, 5.41) is 89.9. The number of carbonyl (C=O) groups is 3. The highest BCUT2D eigenvalue weighted by Gasteiger charge is 2.54. The van der Waals surface area contributed by atoms with Crippen LogP contribution in [0.5, 0.6) is 0 Å². The molecule has 0 unspecified atom stereocenters. The van der Waals surface area contributed by atoms with Gasteiger partial charge in [-0.2, -0.15) is 0 Å². The molecular weight excluding hydrogens is 586 g/mol. The van der Waals surface area contributed by atoms with Gasteiger partial charge in [-0.05, 0) is 0 Å². The fourth-order valence-electron chi connectivity index (χ4n) is 5.27. The third-order valence-electron chi connectivity index (χ3n) is 7.30. The van der Waals surface area contributed by atoms with Crippen LogP contribution in [0.1, 0.15) is 20.8 Å². The molecule has 3 heterocycles. The first-order valence-corrected chi connectivity index (χ1v) is 13.5. The predicted molar refractivity (Wildman–Crippen MR) is 136 cm³/mol. The van der Waals surface area contributed by atoms with Gasteiger partial charge in [-0.25, -0.2) is 0 Å². The van der Waals surface area contributed by atoms with Gasteiger partial charge >= 0.3 is 0 Å². The molecule has 0 radical (unpaired) electrons. The van der Waals surface area contributed by atoms with Crippen molar-refractivity contribution in [2.45, 2.75) is 113 Å². The molecule has 11 N–H and O–H groups in total. The van der Waals surface area contributed by atoms with E-state index in [4.69, 9.17) is 23.7 Å². The molecule has 0 aliphatic carbocycles. The van der Waals surface area contributed by atoms with Crippen molar-refractivity contribution in [2.24, 2.45) is 0 Å². The highest BCUT2D eigenvalue weighted by atomic mass is 16.7. The summed E-state index contributed by atoms with van der Waals surface area (Å²) >= 11 is 0. The quantitative estimate of drug-likeness (QED) is 0.107. The van der Waals surface area contributed by atoms with Crippen molar-refractivity contribution in [3.63, 3.8) is 0 Å². The first-order valence-electron chi connectivity index (χ1n) is 13.5. The van der Waals surface area contributed by atoms with E-state index in [0.717, 1.165) is 20.8 Å². The highest BCUT2D eigenvalue weighted by molar-refractivity contribution is 5.74. The molecule has 3 fully saturated rings. The van der Waals surface area contributed by atoms with E-state index < -0.39 is 129 Å². The fraction of sp³-hybridized carbons (Fsp3) is 0.875. The highest BCUT2D eigenvalue weighted by Crippen LogP contribution is 2.32. The van der Waals surface area contributed by atoms with Crippen LogP contribution in [0.25, 0.3) is 0 Å². The van der Waals surface area contributed by atoms with Gasteiger partial charge in [-0.15, -0.1) is 0 Å². The molecule has 248 valence electrons. The summed E-state index contributed by atoms with van der Waals surface area (Å²) in [6, 6.07) is -4.37. The van der Waals surface area contributed by atoms with Gasteiger partial charge in [0.25, 0.3) is 0 Å². The van der Waals surface area contributed by atoms with Crippen LogP contribution in [0.15, 0.2) is 0 Å². The van der Waals surface area contributed by atoms with Gasteiger partial charge in [0.1, 0.15) is 73.1 Å². The molecular formula is C24H41N3O16. The molecule has 19 nitrogen and oxygen atoms in total. The Kier molecular flexibility index (Phi) is 12.5. The zero-order valence-electron chi connectivity index (χ0n) is 23.6. The van der Waals surface area contributed by atoms with E-state index in [-0.39, 0.29) is 0 Å². The minimum absolute atomic E-state index is 0.651. The Hall–Kier alpha value is -2.11. The molecule has 0 aromatic carbocycles. The summed E-state index contributed by atoms with van der Waals surface area (Å²) in [5.74, 6) is -2.01. The van der Waals surface area contributed by atoms with E-state index in [1.807, 2.05) is 0 Å². The molecule has 0 bridgehead atoms. The van der Waals surface area contributed by atoms with Crippen LogP contribution in [0, 0.1) is 0 Å². The Labute approximate surface area is 245 Å². The molecule has 3 amide bonds. The van der Waals surface area contributed by atoms with Crippen LogP contribution in [0.3, 0.4) is 0 Å². The van der Waals surface area contributed by atoms with Crippen LogP contribution in [-0.2, 0) is 38.1 Å². The molecule has 43 heavy (non-hydrogen) atoms. The normalized spacial score (nSPS) is 43.5. The molecule has 15 atom stereocenters. The summed E-state index contributed by atoms with van der Waals surface area (Å²) in [7, 11) is 0. The fourth-order valence-corrected chi connectivity index (χ4v) is 5.27. The summed E-state index contributed by atoms with van der Waals surface area (Å²) in [4.78, 5) is 36.0. The first kappa shape index (κ1) is 35.4. The standard InChI is InChI=1S/C24H41N3O16/c1-7(31)25-13-19(37)16(34)10(4-28)40-23(13)43-21-15(27-9(3)33)24(41-12(6-30)18(21)36)42-20-14(26-8(2)32)22(38)39-11(5-29)17(20)35/h10-24,28-30,34-38H,4-6H2,1-3H3,(H,25,31)(H,26,32)(H,27,33)/t10-,11-,12-,13-,14-,15-,16+,17+,18-,19-,20-,21-,22+,23+,24+/m1/s1. The molecule has 0 saturated carbocycles. The van der Waals surface area contributed by atoms with Crippen molar-refractivity contribution in [1.82, 2.24) is 16.0 Å². The van der Waals surface area contributed by atoms with E-state index in [9.17, 15) is 55.2 Å². The zero-order chi connectivity index (χ0) is 32.2. The second kappa shape index (κ2) is 15.3. The average Bonchev–Trinajstić information content (AvgIpc) is 2.94. The number of aliphatic hydroxyl groups excluding tert-OH is 8. The predicted octanol–water partition coefficient (Wildman–Crippen LogP) is -7.14. The van der Waals surface area contributed by atoms with Gasteiger partial charge in [0.15, 0.2) is 18.9 Å². The molecule has 19 heteroatoms. The summed E-state index contributed by atoms with van der Waals surface area (Å²) in [6.07, 6.45) is -19.3. The molecule has 3 aliphatic rings. The average molecular weight is 628 g/mol. The maximum Gasteiger partial charge on any atom is 0.217 e. The minimum Gasteiger partial charge on any atom is -0.394 e. The molecule has 3 aliphatic heterocycles. The van der Waals surface area contributed by atoms with Gasteiger partial charge in [-0.3, -0.25) is 14.4 Å². The number of aliphatic hydroxyl groups is 8. The number of rotatable bonds is 10. The maximum absolute atomic E-state index is 12.3. The van der Waals surface area contributed by atoms with Crippen LogP contribution in [-0.4, -0.2) is 170 Å². The van der Waals surface area contributed by atoms with Crippen LogP contribution >= 0.6 is 0 Å². The molecule has 0 aromatic rings. The third kappa shape index (κ3) is 8.14. The van der Waals surface area contributed by atoms with Gasteiger partial charge in [0, 0.05) is 20.8 Å². The Bertz CT molecular complexity index is 962. The Balaban J connectivity index is 2.00. The number of amides is 3. The van der Waals surface area contributed by atoms with E-state index in [1.54, 1.807) is 0 Å². The lowest BCUT2D eigenvalue weighted by Crippen LogP contribution is -2.71. The van der Waals surface area contributed by atoms with Gasteiger partial charge in [-0.1, -0.05) is 0 Å². The molecule has 0 aromatic heterocycles. The van der Waals surface area contributed by atoms with E-state index in [0.29, 0.717) is 0 Å². The molecule has 3 rings (SSSR count). The number of carbonyl (C=O) groups excluding carboxylic acids is 3. The van der Waals surface area contributed by atoms with E-state index in [1.165, 1.54) is 0 Å². The number of hydrogen-bond acceptors (Lipinski definition) is 16. The largest absolute Gasteiger partial charge is 0.394 e. The van der Waals surface area contributed by atoms with Crippen LogP contribution < -0.4 is 16.0 Å². The van der Waals surface area contributed by atoms with Gasteiger partial charge in [0.2, 0.25) is 17.7 Å². The zero-order valence-corrected chi connectivity index (χ0v) is 23.6. The smallest absolute Gasteiger partial charge is 0.217 e. The lowest BCUT2D eigenvalue weighted by molar-refractivity contribution is -0.347. The molecule has 3 saturated heterocycles. The SMILES string of the molecule is CC(=O)N[C@@H]1[C@@H](O[C@@H]2O[C@H](CO)[C@@H](O)[C@H](O[C@@H]3O[C@H](CO)[C@H](O)[C@H](O)[C@H]3NC(C)=O)[C@H]2NC(C)=O)[C@@H](O)[C@@H](CO)O[C@@H]1O. The number of nitrogens with one attached hydrogen (secondary N) is 3. The first-order chi connectivity index (χ1) is 20.2. The Morgan fingerprint density at radius 2 is 0.930 bits per heavy atom. The summed E-state index contributed by atoms with van der Waals surface area (Å²) < 4.78 is 28.3. The van der Waals surface area contributed by atoms with Crippen molar-refractivity contribution < 1.29 is 78.9 Å². The van der Waals surface area contributed by atoms with Crippen molar-refractivity contribution in [2.75, 3.05) is 19.8 Å². The van der Waals surface area contributed by atoms with Crippen LogP contribution in [0.2, 0.25) is 0 Å². The molecule has 0 spiro atoms. The lowest BCUT2D eigenvalue weighted by atomic mass is 9.93. The Morgan fingerprint density at radius 1 is 0.558 bits per heavy atom. The maximum atomic E-state index is 12.3. The second-order valence-electron chi connectivity index (χ2n) is 10.5. The van der Waals surface area contributed by atoms with Crippen molar-refractivity contribution in [3.05, 3.63) is 0 Å². The van der Waals surface area contributed by atoms with E-state index >= 15 is 0 Å². The van der Waals surface area contributed by atoms with Gasteiger partial charge in [0.05, 0.1) is 19.8 Å². The van der Waals surface area contributed by atoms with Gasteiger partial charge < -0.3 is 80.5 Å². The summed E-state index contributed by atoms with van der Waals surface area (Å²) in [6.45, 7) is 0.964. The van der Waals surface area contributed by atoms with Crippen LogP contribution in [0.4, 0.5) is 0 Å². The minimum atomic E-state index is -1.78.